The van der Waals surface area contributed by atoms with Crippen molar-refractivity contribution in [2.24, 2.45) is 5.92 Å². The average molecular weight is 394 g/mol. The number of nitrogens with zero attached hydrogens (tertiary/aromatic N) is 2. The summed E-state index contributed by atoms with van der Waals surface area (Å²) in [6, 6.07) is 0. The van der Waals surface area contributed by atoms with Crippen LogP contribution in [0.2, 0.25) is 0 Å². The lowest BCUT2D eigenvalue weighted by molar-refractivity contribution is -0.128. The van der Waals surface area contributed by atoms with Gasteiger partial charge in [0.05, 0.1) is 11.1 Å². The van der Waals surface area contributed by atoms with Crippen molar-refractivity contribution in [3.8, 4) is 0 Å². The fourth-order valence-corrected chi connectivity index (χ4v) is 5.72. The van der Waals surface area contributed by atoms with Crippen molar-refractivity contribution >= 4 is 39.2 Å². The molecule has 2 aromatic heterocycles. The highest BCUT2D eigenvalue weighted by atomic mass is 32.2. The maximum atomic E-state index is 12.6. The number of aryl methyl sites for hydroxylation is 1. The molecule has 1 amide bonds. The molecule has 142 valence electrons. The Morgan fingerprint density at radius 2 is 2.08 bits per heavy atom. The summed E-state index contributed by atoms with van der Waals surface area (Å²) in [5.74, 6) is 1.10. The molecule has 0 saturated carbocycles. The normalized spacial score (nSPS) is 16.7. The van der Waals surface area contributed by atoms with Crippen LogP contribution in [0.3, 0.4) is 0 Å². The molecule has 2 heterocycles. The average Bonchev–Trinajstić information content (AvgIpc) is 2.97. The smallest absolute Gasteiger partial charge is 0.260 e. The van der Waals surface area contributed by atoms with Gasteiger partial charge in [0, 0.05) is 18.0 Å². The van der Waals surface area contributed by atoms with Gasteiger partial charge in [0.15, 0.2) is 5.16 Å². The maximum Gasteiger partial charge on any atom is 0.260 e. The topological polar surface area (TPSA) is 66.1 Å². The van der Waals surface area contributed by atoms with E-state index in [9.17, 15) is 9.59 Å². The Kier molecular flexibility index (Phi) is 6.40. The fourth-order valence-electron chi connectivity index (χ4n) is 3.52. The van der Waals surface area contributed by atoms with Crippen molar-refractivity contribution in [3.05, 3.63) is 20.8 Å². The van der Waals surface area contributed by atoms with Crippen molar-refractivity contribution in [1.29, 1.82) is 0 Å². The lowest BCUT2D eigenvalue weighted by atomic mass is 9.89. The second kappa shape index (κ2) is 8.57. The number of aromatic amines is 1. The molecule has 1 N–H and O–H groups in total. The molecule has 0 fully saturated rings. The van der Waals surface area contributed by atoms with E-state index in [1.54, 1.807) is 11.3 Å². The molecule has 26 heavy (non-hydrogen) atoms. The molecular weight excluding hydrogens is 366 g/mol. The predicted octanol–water partition coefficient (Wildman–Crippen LogP) is 3.85. The third-order valence-electron chi connectivity index (χ3n) is 4.82. The van der Waals surface area contributed by atoms with E-state index in [-0.39, 0.29) is 11.5 Å². The molecule has 0 spiro atoms. The van der Waals surface area contributed by atoms with E-state index in [4.69, 9.17) is 0 Å². The summed E-state index contributed by atoms with van der Waals surface area (Å²) >= 11 is 2.98. The number of H-pyrrole nitrogens is 1. The minimum absolute atomic E-state index is 0.0593. The van der Waals surface area contributed by atoms with Crippen LogP contribution in [0.1, 0.15) is 50.5 Å². The number of nitrogens with one attached hydrogen (secondary N) is 1. The lowest BCUT2D eigenvalue weighted by Crippen LogP contribution is -2.33. The van der Waals surface area contributed by atoms with Crippen LogP contribution in [0.15, 0.2) is 9.95 Å². The van der Waals surface area contributed by atoms with Crippen LogP contribution in [-0.4, -0.2) is 39.6 Å². The summed E-state index contributed by atoms with van der Waals surface area (Å²) in [7, 11) is 0. The first kappa shape index (κ1) is 19.4. The zero-order chi connectivity index (χ0) is 18.7. The Balaban J connectivity index is 1.77. The van der Waals surface area contributed by atoms with Gasteiger partial charge in [-0.3, -0.25) is 9.59 Å². The van der Waals surface area contributed by atoms with Crippen LogP contribution in [-0.2, 0) is 17.6 Å². The number of carbonyl (C=O) groups excluding carboxylic acids is 1. The minimum atomic E-state index is -0.0593. The van der Waals surface area contributed by atoms with Gasteiger partial charge in [-0.25, -0.2) is 4.98 Å². The third-order valence-corrected chi connectivity index (χ3v) is 6.82. The number of thiophene rings is 1. The van der Waals surface area contributed by atoms with E-state index >= 15 is 0 Å². The molecule has 7 heteroatoms. The maximum absolute atomic E-state index is 12.6. The number of rotatable bonds is 7. The molecule has 1 aliphatic carbocycles. The number of carbonyl (C=O) groups is 1. The molecule has 2 aromatic rings. The first-order valence-corrected chi connectivity index (χ1v) is 11.3. The predicted molar refractivity (Wildman–Crippen MR) is 109 cm³/mol. The quantitative estimate of drug-likeness (QED) is 0.573. The van der Waals surface area contributed by atoms with Crippen molar-refractivity contribution in [1.82, 2.24) is 14.9 Å². The summed E-state index contributed by atoms with van der Waals surface area (Å²) in [5.41, 5.74) is 1.14. The Morgan fingerprint density at radius 3 is 2.77 bits per heavy atom. The second-order valence-electron chi connectivity index (χ2n) is 7.07. The van der Waals surface area contributed by atoms with Crippen LogP contribution in [0.25, 0.3) is 10.2 Å². The highest BCUT2D eigenvalue weighted by Gasteiger charge is 2.23. The first-order valence-electron chi connectivity index (χ1n) is 9.48. The molecule has 0 aliphatic heterocycles. The van der Waals surface area contributed by atoms with Crippen molar-refractivity contribution in [2.75, 3.05) is 18.8 Å². The molecule has 0 bridgehead atoms. The first-order chi connectivity index (χ1) is 12.5. The Bertz CT molecular complexity index is 837. The number of fused-ring (bicyclic) bond motifs is 3. The molecule has 1 aliphatic rings. The summed E-state index contributed by atoms with van der Waals surface area (Å²) < 4.78 is 0. The van der Waals surface area contributed by atoms with Gasteiger partial charge in [0.1, 0.15) is 4.83 Å². The summed E-state index contributed by atoms with van der Waals surface area (Å²) in [6.45, 7) is 7.99. The number of amides is 1. The summed E-state index contributed by atoms with van der Waals surface area (Å²) in [6.07, 6.45) is 5.05. The van der Waals surface area contributed by atoms with Gasteiger partial charge in [0.25, 0.3) is 5.56 Å². The van der Waals surface area contributed by atoms with E-state index in [1.807, 2.05) is 4.90 Å². The Labute approximate surface area is 162 Å². The van der Waals surface area contributed by atoms with E-state index in [1.165, 1.54) is 22.2 Å². The highest BCUT2D eigenvalue weighted by Crippen LogP contribution is 2.36. The van der Waals surface area contributed by atoms with Crippen molar-refractivity contribution in [3.63, 3.8) is 0 Å². The van der Waals surface area contributed by atoms with E-state index in [2.05, 4.69) is 30.7 Å². The molecular formula is C19H27N3O2S2. The molecule has 0 saturated heterocycles. The molecule has 0 radical (unpaired) electrons. The van der Waals surface area contributed by atoms with Crippen LogP contribution in [0, 0.1) is 5.92 Å². The summed E-state index contributed by atoms with van der Waals surface area (Å²) in [5, 5.41) is 1.32. The number of hydrogen-bond donors (Lipinski definition) is 1. The van der Waals surface area contributed by atoms with Gasteiger partial charge in [-0.1, -0.05) is 32.5 Å². The Hall–Kier alpha value is -1.34. The van der Waals surface area contributed by atoms with Gasteiger partial charge in [-0.15, -0.1) is 11.3 Å². The van der Waals surface area contributed by atoms with Crippen molar-refractivity contribution < 1.29 is 4.79 Å². The van der Waals surface area contributed by atoms with Crippen LogP contribution >= 0.6 is 23.1 Å². The largest absolute Gasteiger partial charge is 0.342 e. The van der Waals surface area contributed by atoms with Crippen LogP contribution in [0.5, 0.6) is 0 Å². The molecule has 3 rings (SSSR count). The number of hydrogen-bond acceptors (Lipinski definition) is 5. The third kappa shape index (κ3) is 4.14. The highest BCUT2D eigenvalue weighted by molar-refractivity contribution is 7.99. The molecule has 1 unspecified atom stereocenters. The fraction of sp³-hybridized carbons (Fsp3) is 0.632. The standard InChI is InChI=1S/C19H27N3O2S2/c1-4-8-22(9-5-2)15(23)11-25-19-20-17(24)16-13-7-6-12(3)10-14(13)26-18(16)21-19/h12H,4-11H2,1-3H3,(H,20,21,24). The van der Waals surface area contributed by atoms with Crippen molar-refractivity contribution in [2.45, 2.75) is 58.0 Å². The molecule has 5 nitrogen and oxygen atoms in total. The Morgan fingerprint density at radius 1 is 1.35 bits per heavy atom. The van der Waals surface area contributed by atoms with E-state index in [0.717, 1.165) is 55.4 Å². The lowest BCUT2D eigenvalue weighted by Gasteiger charge is -2.21. The van der Waals surface area contributed by atoms with E-state index in [0.29, 0.717) is 16.8 Å². The van der Waals surface area contributed by atoms with Gasteiger partial charge in [-0.2, -0.15) is 0 Å². The minimum Gasteiger partial charge on any atom is -0.342 e. The van der Waals surface area contributed by atoms with E-state index < -0.39 is 0 Å². The summed E-state index contributed by atoms with van der Waals surface area (Å²) in [4.78, 5) is 36.6. The number of aromatic nitrogens is 2. The monoisotopic (exact) mass is 393 g/mol. The number of thioether (sulfide) groups is 1. The van der Waals surface area contributed by atoms with Gasteiger partial charge in [0.2, 0.25) is 5.91 Å². The molecule has 1 atom stereocenters. The van der Waals surface area contributed by atoms with Gasteiger partial charge >= 0.3 is 0 Å². The van der Waals surface area contributed by atoms with Crippen LogP contribution < -0.4 is 5.56 Å². The van der Waals surface area contributed by atoms with Gasteiger partial charge < -0.3 is 9.88 Å². The zero-order valence-corrected chi connectivity index (χ0v) is 17.4. The zero-order valence-electron chi connectivity index (χ0n) is 15.8. The van der Waals surface area contributed by atoms with Gasteiger partial charge in [-0.05, 0) is 43.6 Å². The molecule has 0 aromatic carbocycles. The SMILES string of the molecule is CCCN(CCC)C(=O)CSc1nc2sc3c(c2c(=O)[nH]1)CCC(C)C3. The van der Waals surface area contributed by atoms with Crippen LogP contribution in [0.4, 0.5) is 0 Å². The second-order valence-corrected chi connectivity index (χ2v) is 9.12.